The molecule has 138 valence electrons. The minimum atomic E-state index is -4.48. The molecule has 0 saturated heterocycles. The van der Waals surface area contributed by atoms with Crippen LogP contribution in [-0.2, 0) is 15.7 Å². The molecule has 27 heavy (non-hydrogen) atoms. The maximum atomic E-state index is 13.1. The first-order valence-corrected chi connectivity index (χ1v) is 8.48. The van der Waals surface area contributed by atoms with Crippen molar-refractivity contribution in [3.8, 4) is 0 Å². The average Bonchev–Trinajstić information content (AvgIpc) is 3.21. The first kappa shape index (κ1) is 17.4. The van der Waals surface area contributed by atoms with Gasteiger partial charge in [0.25, 0.3) is 0 Å². The molecule has 0 amide bonds. The van der Waals surface area contributed by atoms with Crippen LogP contribution in [0.2, 0.25) is 0 Å². The lowest BCUT2D eigenvalue weighted by molar-refractivity contribution is -0.137. The third kappa shape index (κ3) is 2.91. The maximum Gasteiger partial charge on any atom is 0.416 e. The van der Waals surface area contributed by atoms with Crippen LogP contribution in [-0.4, -0.2) is 18.9 Å². The highest BCUT2D eigenvalue weighted by Gasteiger charge is 2.42. The van der Waals surface area contributed by atoms with Crippen molar-refractivity contribution in [1.29, 1.82) is 0 Å². The fraction of sp³-hybridized carbons (Fsp3) is 0.190. The SMILES string of the molecule is CNC1=C(c2cccc(C(F)(F)F)c2)C(=O)C(C2C=Cc3ccccc32)O1. The largest absolute Gasteiger partial charge is 0.466 e. The second kappa shape index (κ2) is 6.30. The molecule has 0 fully saturated rings. The van der Waals surface area contributed by atoms with Gasteiger partial charge in [-0.15, -0.1) is 0 Å². The van der Waals surface area contributed by atoms with Crippen LogP contribution in [0.25, 0.3) is 11.6 Å². The zero-order valence-corrected chi connectivity index (χ0v) is 14.4. The molecule has 0 bridgehead atoms. The predicted molar refractivity (Wildman–Crippen MR) is 95.5 cm³/mol. The highest BCUT2D eigenvalue weighted by atomic mass is 19.4. The fourth-order valence-corrected chi connectivity index (χ4v) is 3.58. The third-order valence-corrected chi connectivity index (χ3v) is 4.85. The van der Waals surface area contributed by atoms with Crippen LogP contribution in [0.3, 0.4) is 0 Å². The van der Waals surface area contributed by atoms with Crippen LogP contribution in [0.1, 0.15) is 28.2 Å². The van der Waals surface area contributed by atoms with E-state index in [2.05, 4.69) is 5.32 Å². The van der Waals surface area contributed by atoms with Gasteiger partial charge >= 0.3 is 6.18 Å². The topological polar surface area (TPSA) is 38.3 Å². The third-order valence-electron chi connectivity index (χ3n) is 4.85. The van der Waals surface area contributed by atoms with Crippen molar-refractivity contribution in [2.75, 3.05) is 7.05 Å². The first-order chi connectivity index (χ1) is 12.9. The van der Waals surface area contributed by atoms with Gasteiger partial charge < -0.3 is 10.1 Å². The van der Waals surface area contributed by atoms with Gasteiger partial charge in [0.1, 0.15) is 0 Å². The van der Waals surface area contributed by atoms with Crippen molar-refractivity contribution in [2.45, 2.75) is 18.2 Å². The summed E-state index contributed by atoms with van der Waals surface area (Å²) in [5.74, 6) is -0.410. The van der Waals surface area contributed by atoms with Crippen molar-refractivity contribution in [3.63, 3.8) is 0 Å². The van der Waals surface area contributed by atoms with E-state index in [9.17, 15) is 18.0 Å². The van der Waals surface area contributed by atoms with E-state index in [1.165, 1.54) is 12.1 Å². The number of alkyl halides is 3. The van der Waals surface area contributed by atoms with Crippen LogP contribution >= 0.6 is 0 Å². The molecule has 4 rings (SSSR count). The molecule has 2 atom stereocenters. The van der Waals surface area contributed by atoms with E-state index in [1.807, 2.05) is 36.4 Å². The lowest BCUT2D eigenvalue weighted by Crippen LogP contribution is -2.25. The van der Waals surface area contributed by atoms with Crippen LogP contribution in [0.5, 0.6) is 0 Å². The normalized spacial score (nSPS) is 21.4. The van der Waals surface area contributed by atoms with E-state index in [0.717, 1.165) is 23.3 Å². The van der Waals surface area contributed by atoms with Crippen LogP contribution in [0, 0.1) is 0 Å². The number of ketones is 1. The second-order valence-electron chi connectivity index (χ2n) is 6.45. The molecule has 2 aliphatic rings. The van der Waals surface area contributed by atoms with E-state index in [0.29, 0.717) is 0 Å². The highest BCUT2D eigenvalue weighted by Crippen LogP contribution is 2.41. The molecule has 0 saturated carbocycles. The highest BCUT2D eigenvalue weighted by molar-refractivity contribution is 6.25. The number of halogens is 3. The Hall–Kier alpha value is -3.02. The number of Topliss-reactive ketones (excluding diaryl/α,β-unsaturated/α-hetero) is 1. The fourth-order valence-electron chi connectivity index (χ4n) is 3.58. The van der Waals surface area contributed by atoms with Gasteiger partial charge in [-0.1, -0.05) is 48.6 Å². The number of carbonyl (C=O) groups is 1. The van der Waals surface area contributed by atoms with Crippen LogP contribution < -0.4 is 5.32 Å². The van der Waals surface area contributed by atoms with Gasteiger partial charge in [0.15, 0.2) is 12.0 Å². The zero-order chi connectivity index (χ0) is 19.2. The van der Waals surface area contributed by atoms with E-state index in [1.54, 1.807) is 7.05 Å². The summed E-state index contributed by atoms with van der Waals surface area (Å²) >= 11 is 0. The van der Waals surface area contributed by atoms with Crippen molar-refractivity contribution >= 4 is 17.4 Å². The molecule has 1 aliphatic carbocycles. The molecular formula is C21H16F3NO2. The summed E-state index contributed by atoms with van der Waals surface area (Å²) in [4.78, 5) is 13.1. The summed E-state index contributed by atoms with van der Waals surface area (Å²) in [7, 11) is 1.58. The summed E-state index contributed by atoms with van der Waals surface area (Å²) in [5, 5.41) is 2.81. The summed E-state index contributed by atoms with van der Waals surface area (Å²) in [5.41, 5.74) is 1.52. The van der Waals surface area contributed by atoms with Gasteiger partial charge in [-0.3, -0.25) is 4.79 Å². The smallest absolute Gasteiger partial charge is 0.416 e. The molecule has 3 nitrogen and oxygen atoms in total. The molecule has 0 spiro atoms. The van der Waals surface area contributed by atoms with Crippen LogP contribution in [0.15, 0.2) is 60.5 Å². The van der Waals surface area contributed by atoms with Gasteiger partial charge in [0.2, 0.25) is 5.78 Å². The number of fused-ring (bicyclic) bond motifs is 1. The van der Waals surface area contributed by atoms with E-state index in [4.69, 9.17) is 4.74 Å². The molecule has 0 radical (unpaired) electrons. The number of rotatable bonds is 3. The van der Waals surface area contributed by atoms with Gasteiger partial charge in [-0.2, -0.15) is 13.2 Å². The van der Waals surface area contributed by atoms with E-state index >= 15 is 0 Å². The Bertz CT molecular complexity index is 975. The molecule has 6 heteroatoms. The molecule has 1 N–H and O–H groups in total. The number of hydrogen-bond donors (Lipinski definition) is 1. The minimum Gasteiger partial charge on any atom is -0.466 e. The summed E-state index contributed by atoms with van der Waals surface area (Å²) in [6.07, 6.45) is -1.46. The molecule has 1 heterocycles. The Labute approximate surface area is 154 Å². The number of carbonyl (C=O) groups excluding carboxylic acids is 1. The van der Waals surface area contributed by atoms with Crippen molar-refractivity contribution in [1.82, 2.24) is 5.32 Å². The zero-order valence-electron chi connectivity index (χ0n) is 14.4. The Morgan fingerprint density at radius 1 is 1.07 bits per heavy atom. The summed E-state index contributed by atoms with van der Waals surface area (Å²) in [6, 6.07) is 12.4. The molecule has 0 aromatic heterocycles. The van der Waals surface area contributed by atoms with Gasteiger partial charge in [-0.05, 0) is 28.8 Å². The van der Waals surface area contributed by atoms with Gasteiger partial charge in [-0.25, -0.2) is 0 Å². The number of nitrogens with one attached hydrogen (secondary N) is 1. The molecular weight excluding hydrogens is 355 g/mol. The summed E-state index contributed by atoms with van der Waals surface area (Å²) in [6.45, 7) is 0. The second-order valence-corrected chi connectivity index (χ2v) is 6.45. The van der Waals surface area contributed by atoms with E-state index < -0.39 is 17.8 Å². The van der Waals surface area contributed by atoms with E-state index in [-0.39, 0.29) is 28.7 Å². The van der Waals surface area contributed by atoms with Gasteiger partial charge in [0.05, 0.1) is 11.1 Å². The lowest BCUT2D eigenvalue weighted by Gasteiger charge is -2.18. The van der Waals surface area contributed by atoms with Crippen molar-refractivity contribution < 1.29 is 22.7 Å². The standard InChI is InChI=1S/C21H16F3NO2/c1-25-20-17(13-6-4-7-14(11-13)21(22,23)24)18(26)19(27-20)16-10-9-12-5-2-3-8-15(12)16/h2-11,16,19,25H,1H3. The lowest BCUT2D eigenvalue weighted by atomic mass is 9.89. The summed E-state index contributed by atoms with van der Waals surface area (Å²) < 4.78 is 45.0. The number of hydrogen-bond acceptors (Lipinski definition) is 3. The Kier molecular flexibility index (Phi) is 4.06. The van der Waals surface area contributed by atoms with Crippen LogP contribution in [0.4, 0.5) is 13.2 Å². The predicted octanol–water partition coefficient (Wildman–Crippen LogP) is 4.37. The van der Waals surface area contributed by atoms with Gasteiger partial charge in [0, 0.05) is 13.0 Å². The number of benzene rings is 2. The minimum absolute atomic E-state index is 0.145. The van der Waals surface area contributed by atoms with Crippen molar-refractivity contribution in [3.05, 3.63) is 82.7 Å². The maximum absolute atomic E-state index is 13.1. The quantitative estimate of drug-likeness (QED) is 0.871. The molecule has 2 aromatic rings. The number of ether oxygens (including phenoxy) is 1. The monoisotopic (exact) mass is 371 g/mol. The molecule has 1 aliphatic heterocycles. The van der Waals surface area contributed by atoms with Crippen molar-refractivity contribution in [2.24, 2.45) is 0 Å². The average molecular weight is 371 g/mol. The Morgan fingerprint density at radius 2 is 1.85 bits per heavy atom. The molecule has 2 aromatic carbocycles. The molecule has 2 unspecified atom stereocenters. The Morgan fingerprint density at radius 3 is 2.59 bits per heavy atom. The Balaban J connectivity index is 1.71. The first-order valence-electron chi connectivity index (χ1n) is 8.48.